The van der Waals surface area contributed by atoms with Crippen molar-refractivity contribution >= 4 is 21.8 Å². The molecule has 0 atom stereocenters. The smallest absolute Gasteiger partial charge is 0.250 e. The highest BCUT2D eigenvalue weighted by Gasteiger charge is 2.13. The third-order valence-electron chi connectivity index (χ3n) is 2.78. The minimum absolute atomic E-state index is 0.388. The van der Waals surface area contributed by atoms with Crippen LogP contribution >= 0.6 is 15.9 Å². The lowest BCUT2D eigenvalue weighted by Gasteiger charge is -2.09. The molecule has 3 nitrogen and oxygen atoms in total. The van der Waals surface area contributed by atoms with Crippen LogP contribution in [-0.2, 0) is 0 Å². The van der Waals surface area contributed by atoms with Crippen LogP contribution in [0.2, 0.25) is 0 Å². The molecule has 88 valence electrons. The number of halogens is 1. The van der Waals surface area contributed by atoms with Crippen molar-refractivity contribution in [3.8, 4) is 5.69 Å². The van der Waals surface area contributed by atoms with Crippen molar-refractivity contribution in [1.82, 2.24) is 4.57 Å². The molecule has 2 rings (SSSR count). The van der Waals surface area contributed by atoms with E-state index in [1.807, 2.05) is 48.7 Å². The lowest BCUT2D eigenvalue weighted by atomic mass is 10.2. The Hall–Kier alpha value is -1.55. The molecule has 17 heavy (non-hydrogen) atoms. The predicted molar refractivity (Wildman–Crippen MR) is 71.5 cm³/mol. The summed E-state index contributed by atoms with van der Waals surface area (Å²) < 4.78 is 3.05. The monoisotopic (exact) mass is 292 g/mol. The number of carbonyl (C=O) groups excluding carboxylic acids is 1. The Balaban J connectivity index is 2.59. The molecule has 1 heterocycles. The van der Waals surface area contributed by atoms with Gasteiger partial charge >= 0.3 is 0 Å². The number of hydrogen-bond donors (Lipinski definition) is 1. The summed E-state index contributed by atoms with van der Waals surface area (Å²) in [6.45, 7) is 3.86. The molecule has 0 saturated carbocycles. The molecule has 2 aromatic rings. The molecule has 1 amide bonds. The maximum atomic E-state index is 11.3. The number of aromatic nitrogens is 1. The number of rotatable bonds is 2. The Morgan fingerprint density at radius 3 is 2.29 bits per heavy atom. The minimum atomic E-state index is -0.388. The number of benzene rings is 1. The van der Waals surface area contributed by atoms with Gasteiger partial charge in [0, 0.05) is 21.5 Å². The summed E-state index contributed by atoms with van der Waals surface area (Å²) in [6.07, 6.45) is 0. The van der Waals surface area contributed by atoms with Gasteiger partial charge in [-0.25, -0.2) is 0 Å². The third-order valence-corrected chi connectivity index (χ3v) is 3.31. The molecule has 0 fully saturated rings. The molecular formula is C13H13BrN2O. The second-order valence-corrected chi connectivity index (χ2v) is 4.88. The predicted octanol–water partition coefficient (Wildman–Crippen LogP) is 2.96. The van der Waals surface area contributed by atoms with E-state index in [0.717, 1.165) is 21.5 Å². The van der Waals surface area contributed by atoms with E-state index in [1.54, 1.807) is 0 Å². The average molecular weight is 293 g/mol. The Bertz CT molecular complexity index is 570. The van der Waals surface area contributed by atoms with Crippen molar-refractivity contribution in [1.29, 1.82) is 0 Å². The van der Waals surface area contributed by atoms with Crippen LogP contribution in [0.4, 0.5) is 0 Å². The Labute approximate surface area is 108 Å². The van der Waals surface area contributed by atoms with Gasteiger partial charge in [-0.1, -0.05) is 15.9 Å². The van der Waals surface area contributed by atoms with E-state index in [4.69, 9.17) is 5.73 Å². The molecule has 0 radical (unpaired) electrons. The first-order valence-corrected chi connectivity index (χ1v) is 6.04. The van der Waals surface area contributed by atoms with Gasteiger partial charge in [-0.3, -0.25) is 4.79 Å². The van der Waals surface area contributed by atoms with Crippen molar-refractivity contribution in [3.05, 3.63) is 51.8 Å². The molecule has 0 unspecified atom stereocenters. The topological polar surface area (TPSA) is 48.0 Å². The maximum Gasteiger partial charge on any atom is 0.250 e. The molecule has 0 saturated heterocycles. The van der Waals surface area contributed by atoms with Gasteiger partial charge in [-0.2, -0.15) is 0 Å². The Morgan fingerprint density at radius 2 is 1.82 bits per heavy atom. The maximum absolute atomic E-state index is 11.3. The molecule has 4 heteroatoms. The molecule has 0 aliphatic rings. The van der Waals surface area contributed by atoms with Gasteiger partial charge in [-0.15, -0.1) is 0 Å². The fraction of sp³-hybridized carbons (Fsp3) is 0.154. The van der Waals surface area contributed by atoms with Crippen molar-refractivity contribution in [2.75, 3.05) is 0 Å². The van der Waals surface area contributed by atoms with E-state index in [1.165, 1.54) is 0 Å². The van der Waals surface area contributed by atoms with Crippen molar-refractivity contribution in [2.45, 2.75) is 13.8 Å². The van der Waals surface area contributed by atoms with Crippen LogP contribution in [0.3, 0.4) is 0 Å². The molecule has 0 aliphatic heterocycles. The summed E-state index contributed by atoms with van der Waals surface area (Å²) in [5, 5.41) is 0. The van der Waals surface area contributed by atoms with Crippen LogP contribution in [0.5, 0.6) is 0 Å². The van der Waals surface area contributed by atoms with Crippen LogP contribution in [0.1, 0.15) is 21.7 Å². The molecule has 1 aromatic heterocycles. The zero-order chi connectivity index (χ0) is 12.6. The SMILES string of the molecule is Cc1cc(C(N)=O)c(C)n1-c1ccc(Br)cc1. The van der Waals surface area contributed by atoms with Crippen LogP contribution < -0.4 is 5.73 Å². The number of nitrogens with two attached hydrogens (primary N) is 1. The summed E-state index contributed by atoms with van der Waals surface area (Å²) in [5.41, 5.74) is 8.81. The quantitative estimate of drug-likeness (QED) is 0.909. The van der Waals surface area contributed by atoms with Gasteiger partial charge < -0.3 is 10.3 Å². The van der Waals surface area contributed by atoms with E-state index >= 15 is 0 Å². The largest absolute Gasteiger partial charge is 0.366 e. The highest BCUT2D eigenvalue weighted by atomic mass is 79.9. The lowest BCUT2D eigenvalue weighted by molar-refractivity contribution is 0.0999. The number of amides is 1. The summed E-state index contributed by atoms with van der Waals surface area (Å²) in [6, 6.07) is 9.75. The summed E-state index contributed by atoms with van der Waals surface area (Å²) in [4.78, 5) is 11.3. The van der Waals surface area contributed by atoms with Crippen molar-refractivity contribution in [3.63, 3.8) is 0 Å². The zero-order valence-electron chi connectivity index (χ0n) is 9.70. The molecule has 1 aromatic carbocycles. The van der Waals surface area contributed by atoms with Crippen LogP contribution in [-0.4, -0.2) is 10.5 Å². The fourth-order valence-electron chi connectivity index (χ4n) is 2.00. The van der Waals surface area contributed by atoms with E-state index in [9.17, 15) is 4.79 Å². The van der Waals surface area contributed by atoms with Gasteiger partial charge in [0.15, 0.2) is 0 Å². The van der Waals surface area contributed by atoms with Gasteiger partial charge in [0.2, 0.25) is 0 Å². The van der Waals surface area contributed by atoms with Crippen LogP contribution in [0.25, 0.3) is 5.69 Å². The number of aryl methyl sites for hydroxylation is 1. The number of hydrogen-bond acceptors (Lipinski definition) is 1. The van der Waals surface area contributed by atoms with Crippen molar-refractivity contribution < 1.29 is 4.79 Å². The van der Waals surface area contributed by atoms with E-state index in [-0.39, 0.29) is 5.91 Å². The molecule has 0 spiro atoms. The van der Waals surface area contributed by atoms with Gasteiger partial charge in [0.1, 0.15) is 0 Å². The Kier molecular flexibility index (Phi) is 3.07. The van der Waals surface area contributed by atoms with Crippen LogP contribution in [0, 0.1) is 13.8 Å². The summed E-state index contributed by atoms with van der Waals surface area (Å²) >= 11 is 3.40. The minimum Gasteiger partial charge on any atom is -0.366 e. The van der Waals surface area contributed by atoms with Gasteiger partial charge in [-0.05, 0) is 44.2 Å². The van der Waals surface area contributed by atoms with Gasteiger partial charge in [0.25, 0.3) is 5.91 Å². The Morgan fingerprint density at radius 1 is 1.24 bits per heavy atom. The summed E-state index contributed by atoms with van der Waals surface area (Å²) in [5.74, 6) is -0.388. The average Bonchev–Trinajstić information content (AvgIpc) is 2.56. The number of nitrogens with zero attached hydrogens (tertiary/aromatic N) is 1. The zero-order valence-corrected chi connectivity index (χ0v) is 11.3. The summed E-state index contributed by atoms with van der Waals surface area (Å²) in [7, 11) is 0. The molecular weight excluding hydrogens is 280 g/mol. The van der Waals surface area contributed by atoms with E-state index in [2.05, 4.69) is 15.9 Å². The fourth-order valence-corrected chi connectivity index (χ4v) is 2.26. The second kappa shape index (κ2) is 4.37. The normalized spacial score (nSPS) is 10.5. The molecule has 0 bridgehead atoms. The van der Waals surface area contributed by atoms with Gasteiger partial charge in [0.05, 0.1) is 5.56 Å². The highest BCUT2D eigenvalue weighted by molar-refractivity contribution is 9.10. The molecule has 2 N–H and O–H groups in total. The van der Waals surface area contributed by atoms with E-state index in [0.29, 0.717) is 5.56 Å². The first-order valence-electron chi connectivity index (χ1n) is 5.25. The second-order valence-electron chi connectivity index (χ2n) is 3.96. The van der Waals surface area contributed by atoms with Crippen LogP contribution in [0.15, 0.2) is 34.8 Å². The third kappa shape index (κ3) is 2.13. The highest BCUT2D eigenvalue weighted by Crippen LogP contribution is 2.21. The number of primary amides is 1. The number of carbonyl (C=O) groups is 1. The standard InChI is InChI=1S/C13H13BrN2O/c1-8-7-12(13(15)17)9(2)16(8)11-5-3-10(14)4-6-11/h3-7H,1-2H3,(H2,15,17). The first-order chi connectivity index (χ1) is 8.00. The van der Waals surface area contributed by atoms with E-state index < -0.39 is 0 Å². The lowest BCUT2D eigenvalue weighted by Crippen LogP contribution is -2.12. The molecule has 0 aliphatic carbocycles. The van der Waals surface area contributed by atoms with Crippen molar-refractivity contribution in [2.24, 2.45) is 5.73 Å². The first kappa shape index (κ1) is 11.9.